The van der Waals surface area contributed by atoms with Crippen molar-refractivity contribution >= 4 is 64.2 Å². The second kappa shape index (κ2) is 15.8. The first-order chi connectivity index (χ1) is 26.7. The third-order valence-corrected chi connectivity index (χ3v) is 10.1. The van der Waals surface area contributed by atoms with Crippen molar-refractivity contribution in [1.29, 1.82) is 5.41 Å². The average Bonchev–Trinajstić information content (AvgIpc) is 3.72. The number of rotatable bonds is 12. The summed E-state index contributed by atoms with van der Waals surface area (Å²) < 4.78 is 1.90. The van der Waals surface area contributed by atoms with Gasteiger partial charge in [-0.15, -0.1) is 0 Å². The number of hydrogen-bond acceptors (Lipinski definition) is 10. The Kier molecular flexibility index (Phi) is 11.0. The summed E-state index contributed by atoms with van der Waals surface area (Å²) in [7, 11) is 1.59. The lowest BCUT2D eigenvalue weighted by atomic mass is 9.98. The van der Waals surface area contributed by atoms with Gasteiger partial charge in [0.05, 0.1) is 11.3 Å². The van der Waals surface area contributed by atoms with E-state index in [-0.39, 0.29) is 78.8 Å². The summed E-state index contributed by atoms with van der Waals surface area (Å²) in [6.07, 6.45) is 2.80. The minimum atomic E-state index is -0.942. The van der Waals surface area contributed by atoms with Crippen LogP contribution >= 0.6 is 0 Å². The number of phenolic OH excluding ortho intramolecular Hbond substituents is 2. The number of aromatic hydroxyl groups is 2. The Balaban J connectivity index is 1.06. The molecule has 56 heavy (non-hydrogen) atoms. The topological polar surface area (TPSA) is 243 Å². The third kappa shape index (κ3) is 7.69. The van der Waals surface area contributed by atoms with Crippen LogP contribution in [0.4, 0.5) is 21.0 Å². The maximum atomic E-state index is 13.2. The lowest BCUT2D eigenvalue weighted by molar-refractivity contribution is -0.137. The lowest BCUT2D eigenvalue weighted by Crippen LogP contribution is -2.52. The van der Waals surface area contributed by atoms with Crippen molar-refractivity contribution in [3.63, 3.8) is 0 Å². The van der Waals surface area contributed by atoms with Crippen LogP contribution in [-0.2, 0) is 27.5 Å². The monoisotopic (exact) mass is 765 g/mol. The molecule has 1 aromatic heterocycles. The summed E-state index contributed by atoms with van der Waals surface area (Å²) in [5.74, 6) is -2.20. The van der Waals surface area contributed by atoms with Crippen LogP contribution in [0.5, 0.6) is 11.5 Å². The minimum Gasteiger partial charge on any atom is -0.508 e. The first kappa shape index (κ1) is 38.8. The van der Waals surface area contributed by atoms with E-state index in [1.54, 1.807) is 43.4 Å². The van der Waals surface area contributed by atoms with Crippen LogP contribution in [0.1, 0.15) is 59.7 Å². The fraction of sp³-hybridized carbons (Fsp3) is 0.308. The van der Waals surface area contributed by atoms with E-state index in [0.717, 1.165) is 16.5 Å². The number of benzene rings is 3. The van der Waals surface area contributed by atoms with Gasteiger partial charge < -0.3 is 45.7 Å². The Morgan fingerprint density at radius 1 is 1.09 bits per heavy atom. The lowest BCUT2D eigenvalue weighted by Gasteiger charge is -2.29. The van der Waals surface area contributed by atoms with E-state index in [9.17, 15) is 39.0 Å². The van der Waals surface area contributed by atoms with Crippen molar-refractivity contribution in [3.05, 3.63) is 83.0 Å². The Morgan fingerprint density at radius 2 is 1.86 bits per heavy atom. The molecule has 0 bridgehead atoms. The van der Waals surface area contributed by atoms with Gasteiger partial charge in [-0.2, -0.15) is 0 Å². The number of primary amides is 1. The molecule has 2 aliphatic rings. The van der Waals surface area contributed by atoms with E-state index in [1.165, 1.54) is 15.9 Å². The summed E-state index contributed by atoms with van der Waals surface area (Å²) in [6, 6.07) is 11.4. The SMILES string of the molecule is CC(C)c1cc(C(=N)N(C(N)=O)c2ccc3c(ccn3CCN(C)C(=O)NC(C=O)CNc3cccc4c3CN(C3CCC(=O)NC3=O)C4=O)c2)c(O)cc1O. The van der Waals surface area contributed by atoms with Crippen molar-refractivity contribution in [3.8, 4) is 11.5 Å². The molecule has 7 amide bonds. The molecule has 4 aromatic rings. The number of amides is 7. The summed E-state index contributed by atoms with van der Waals surface area (Å²) in [6.45, 7) is 4.51. The number of hydrogen-bond donors (Lipinski definition) is 7. The van der Waals surface area contributed by atoms with Crippen LogP contribution in [0.3, 0.4) is 0 Å². The molecule has 8 N–H and O–H groups in total. The van der Waals surface area contributed by atoms with Gasteiger partial charge in [0.25, 0.3) is 5.91 Å². The molecule has 2 aliphatic heterocycles. The number of nitrogens with two attached hydrogens (primary N) is 1. The molecule has 3 aromatic carbocycles. The Hall–Kier alpha value is -6.91. The smallest absolute Gasteiger partial charge is 0.325 e. The van der Waals surface area contributed by atoms with Crippen LogP contribution in [0.2, 0.25) is 0 Å². The fourth-order valence-corrected chi connectivity index (χ4v) is 6.99. The molecule has 1 fully saturated rings. The number of imide groups is 1. The minimum absolute atomic E-state index is 0.0234. The highest BCUT2D eigenvalue weighted by atomic mass is 16.3. The molecule has 17 heteroatoms. The number of aromatic nitrogens is 1. The van der Waals surface area contributed by atoms with Gasteiger partial charge >= 0.3 is 12.1 Å². The molecular weight excluding hydrogens is 722 g/mol. The fourth-order valence-electron chi connectivity index (χ4n) is 6.99. The number of carbonyl (C=O) groups is 6. The Bertz CT molecular complexity index is 2270. The third-order valence-electron chi connectivity index (χ3n) is 10.1. The number of amidine groups is 1. The van der Waals surface area contributed by atoms with Gasteiger partial charge in [-0.1, -0.05) is 19.9 Å². The molecule has 17 nitrogen and oxygen atoms in total. The number of phenols is 2. The first-order valence-electron chi connectivity index (χ1n) is 18.0. The van der Waals surface area contributed by atoms with Crippen molar-refractivity contribution in [1.82, 2.24) is 25.0 Å². The predicted molar refractivity (Wildman–Crippen MR) is 207 cm³/mol. The number of piperidine rings is 1. The molecular formula is C39H43N9O8. The van der Waals surface area contributed by atoms with Crippen LogP contribution in [0.25, 0.3) is 10.9 Å². The van der Waals surface area contributed by atoms with E-state index in [1.807, 2.05) is 30.7 Å². The molecule has 0 spiro atoms. The summed E-state index contributed by atoms with van der Waals surface area (Å²) in [5.41, 5.74) is 8.93. The maximum absolute atomic E-state index is 13.2. The standard InChI is InChI=1S/C39H43N9O8/c1-21(2)26-16-27(33(51)17-32(26)50)35(40)48(38(41)55)24-7-8-30-22(15-24)11-12-46(30)14-13-45(3)39(56)43-23(20-49)18-42-29-6-4-5-25-28(29)19-47(37(25)54)31-9-10-34(52)44-36(31)53/h4-8,11-12,15-17,20-21,23,31,40,42,50-51H,9-10,13-14,18-19H2,1-3H3,(H2,41,55)(H,43,56)(H,44,52,53). The Morgan fingerprint density at radius 3 is 2.55 bits per heavy atom. The maximum Gasteiger partial charge on any atom is 0.325 e. The van der Waals surface area contributed by atoms with Gasteiger partial charge in [0.1, 0.15) is 35.7 Å². The van der Waals surface area contributed by atoms with Gasteiger partial charge in [-0.25, -0.2) is 14.5 Å². The predicted octanol–water partition coefficient (Wildman–Crippen LogP) is 3.17. The zero-order chi connectivity index (χ0) is 40.4. The van der Waals surface area contributed by atoms with Gasteiger partial charge in [0.2, 0.25) is 11.8 Å². The number of nitrogens with zero attached hydrogens (tertiary/aromatic N) is 4. The second-order valence-electron chi connectivity index (χ2n) is 14.1. The van der Waals surface area contributed by atoms with E-state index in [2.05, 4.69) is 16.0 Å². The number of carbonyl (C=O) groups excluding carboxylic acids is 6. The molecule has 2 unspecified atom stereocenters. The van der Waals surface area contributed by atoms with E-state index < -0.39 is 30.1 Å². The molecule has 0 aliphatic carbocycles. The van der Waals surface area contributed by atoms with E-state index in [4.69, 9.17) is 11.1 Å². The van der Waals surface area contributed by atoms with Crippen molar-refractivity contribution in [2.75, 3.05) is 30.4 Å². The average molecular weight is 766 g/mol. The Labute approximate surface area is 321 Å². The summed E-state index contributed by atoms with van der Waals surface area (Å²) in [5, 5.41) is 38.4. The number of likely N-dealkylation sites (N-methyl/N-ethyl adjacent to an activating group) is 1. The molecule has 0 radical (unpaired) electrons. The zero-order valence-electron chi connectivity index (χ0n) is 31.0. The second-order valence-corrected chi connectivity index (χ2v) is 14.1. The highest BCUT2D eigenvalue weighted by molar-refractivity contribution is 6.22. The van der Waals surface area contributed by atoms with E-state index in [0.29, 0.717) is 40.6 Å². The van der Waals surface area contributed by atoms with Gasteiger partial charge in [-0.05, 0) is 60.4 Å². The molecule has 2 atom stereocenters. The van der Waals surface area contributed by atoms with Gasteiger partial charge in [0.15, 0.2) is 0 Å². The van der Waals surface area contributed by atoms with Crippen LogP contribution < -0.4 is 26.6 Å². The molecule has 0 saturated carbocycles. The molecule has 1 saturated heterocycles. The van der Waals surface area contributed by atoms with Crippen LogP contribution in [0.15, 0.2) is 60.8 Å². The largest absolute Gasteiger partial charge is 0.508 e. The number of anilines is 2. The van der Waals surface area contributed by atoms with Crippen LogP contribution in [0, 0.1) is 5.41 Å². The number of nitrogens with one attached hydrogen (secondary N) is 4. The normalized spacial score (nSPS) is 15.7. The number of fused-ring (bicyclic) bond motifs is 2. The highest BCUT2D eigenvalue weighted by Crippen LogP contribution is 2.35. The van der Waals surface area contributed by atoms with Crippen molar-refractivity contribution < 1.29 is 39.0 Å². The number of aldehydes is 1. The first-order valence-corrected chi connectivity index (χ1v) is 18.0. The molecule has 6 rings (SSSR count). The quantitative estimate of drug-likeness (QED) is 0.0484. The number of urea groups is 2. The summed E-state index contributed by atoms with van der Waals surface area (Å²) in [4.78, 5) is 78.8. The van der Waals surface area contributed by atoms with Crippen molar-refractivity contribution in [2.24, 2.45) is 5.73 Å². The summed E-state index contributed by atoms with van der Waals surface area (Å²) >= 11 is 0. The van der Waals surface area contributed by atoms with Gasteiger partial charge in [-0.3, -0.25) is 25.1 Å². The molecule has 292 valence electrons. The zero-order valence-corrected chi connectivity index (χ0v) is 31.0. The van der Waals surface area contributed by atoms with Gasteiger partial charge in [0, 0.05) is 79.6 Å². The molecule has 3 heterocycles. The van der Waals surface area contributed by atoms with Crippen LogP contribution in [-0.4, -0.2) is 98.7 Å². The van der Waals surface area contributed by atoms with Crippen molar-refractivity contribution in [2.45, 2.75) is 57.8 Å². The van der Waals surface area contributed by atoms with E-state index >= 15 is 0 Å². The highest BCUT2D eigenvalue weighted by Gasteiger charge is 2.40.